The Morgan fingerprint density at radius 3 is 2.66 bits per heavy atom. The number of unbranched alkanes of at least 4 members (excludes halogenated alkanes) is 1. The van der Waals surface area contributed by atoms with Gasteiger partial charge in [0.2, 0.25) is 5.92 Å². The summed E-state index contributed by atoms with van der Waals surface area (Å²) in [5.41, 5.74) is 11.0. The van der Waals surface area contributed by atoms with E-state index in [0.717, 1.165) is 77.9 Å². The lowest BCUT2D eigenvalue weighted by Gasteiger charge is -2.45. The summed E-state index contributed by atoms with van der Waals surface area (Å²) < 4.78 is 29.9. The standard InChI is InChI=1S/C40H57F2N7O/c1-46-30-44-26-35(46)28-48-24-23-47(22-16-34(31-9-3-2-4-10-31)25-38(50)32-14-17-40(41,42)18-15-32)27-36(48)29-49(21-6-5-19-43)37-13-7-11-33-12-8-20-45-39(33)37/h2-4,8-10,12,20,26,30,32,34,36-37H,5-7,11,13-19,21-25,27-29,43H2,1H3/t34-,36-,37+/m1/s1. The first kappa shape index (κ1) is 36.7. The van der Waals surface area contributed by atoms with Crippen LogP contribution in [0.2, 0.25) is 0 Å². The molecule has 2 aromatic heterocycles. The molecule has 3 heterocycles. The van der Waals surface area contributed by atoms with E-state index in [9.17, 15) is 13.6 Å². The summed E-state index contributed by atoms with van der Waals surface area (Å²) in [4.78, 5) is 30.8. The number of pyridine rings is 1. The number of alkyl halides is 2. The monoisotopic (exact) mass is 689 g/mol. The normalized spacial score (nSPS) is 22.4. The largest absolute Gasteiger partial charge is 0.337 e. The van der Waals surface area contributed by atoms with Gasteiger partial charge in [-0.05, 0) is 94.1 Å². The summed E-state index contributed by atoms with van der Waals surface area (Å²) in [6.45, 7) is 7.26. The molecule has 8 nitrogen and oxygen atoms in total. The molecule has 0 spiro atoms. The SMILES string of the molecule is Cn1cncc1CN1CCN(CC[C@H](CC(=O)C2CCC(F)(F)CC2)c2ccccc2)C[C@@H]1CN(CCCCN)[C@H]1CCCc2cccnc21. The predicted molar refractivity (Wildman–Crippen MR) is 194 cm³/mol. The fraction of sp³-hybridized carbons (Fsp3) is 0.625. The van der Waals surface area contributed by atoms with E-state index in [1.54, 1.807) is 0 Å². The second-order valence-corrected chi connectivity index (χ2v) is 15.1. The summed E-state index contributed by atoms with van der Waals surface area (Å²) in [6.07, 6.45) is 12.8. The van der Waals surface area contributed by atoms with Crippen molar-refractivity contribution in [2.75, 3.05) is 45.8 Å². The number of rotatable bonds is 16. The van der Waals surface area contributed by atoms with Crippen LogP contribution in [-0.4, -0.2) is 92.8 Å². The van der Waals surface area contributed by atoms with Crippen LogP contribution < -0.4 is 5.73 Å². The van der Waals surface area contributed by atoms with E-state index in [0.29, 0.717) is 37.9 Å². The summed E-state index contributed by atoms with van der Waals surface area (Å²) in [7, 11) is 2.07. The first-order chi connectivity index (χ1) is 24.3. The maximum Gasteiger partial charge on any atom is 0.248 e. The van der Waals surface area contributed by atoms with Crippen LogP contribution in [-0.2, 0) is 24.8 Å². The Hall–Kier alpha value is -3.05. The number of hydrogen-bond donors (Lipinski definition) is 1. The third-order valence-corrected chi connectivity index (χ3v) is 11.6. The fourth-order valence-corrected chi connectivity index (χ4v) is 8.55. The second kappa shape index (κ2) is 17.4. The van der Waals surface area contributed by atoms with E-state index < -0.39 is 5.92 Å². The first-order valence-electron chi connectivity index (χ1n) is 19.0. The lowest BCUT2D eigenvalue weighted by atomic mass is 9.79. The molecule has 2 fully saturated rings. The molecule has 2 N–H and O–H groups in total. The third-order valence-electron chi connectivity index (χ3n) is 11.6. The average Bonchev–Trinajstić information content (AvgIpc) is 3.54. The molecule has 6 rings (SSSR count). The van der Waals surface area contributed by atoms with Crippen LogP contribution in [0.4, 0.5) is 8.78 Å². The number of carbonyl (C=O) groups is 1. The maximum atomic E-state index is 13.9. The molecule has 0 unspecified atom stereocenters. The number of aromatic nitrogens is 3. The van der Waals surface area contributed by atoms with Crippen LogP contribution in [0.3, 0.4) is 0 Å². The highest BCUT2D eigenvalue weighted by molar-refractivity contribution is 5.82. The van der Waals surface area contributed by atoms with Crippen molar-refractivity contribution in [1.29, 1.82) is 0 Å². The van der Waals surface area contributed by atoms with Crippen LogP contribution >= 0.6 is 0 Å². The van der Waals surface area contributed by atoms with Gasteiger partial charge in [0.1, 0.15) is 5.78 Å². The smallest absolute Gasteiger partial charge is 0.248 e. The van der Waals surface area contributed by atoms with Gasteiger partial charge in [-0.15, -0.1) is 0 Å². The molecule has 50 heavy (non-hydrogen) atoms. The Bertz CT molecular complexity index is 1490. The van der Waals surface area contributed by atoms with Crippen molar-refractivity contribution < 1.29 is 13.6 Å². The number of hydrogen-bond acceptors (Lipinski definition) is 7. The lowest BCUT2D eigenvalue weighted by Crippen LogP contribution is -2.57. The highest BCUT2D eigenvalue weighted by Crippen LogP contribution is 2.38. The number of carbonyl (C=O) groups excluding carboxylic acids is 1. The number of fused-ring (bicyclic) bond motifs is 1. The van der Waals surface area contributed by atoms with Crippen molar-refractivity contribution in [1.82, 2.24) is 29.2 Å². The van der Waals surface area contributed by atoms with Crippen LogP contribution in [0, 0.1) is 5.92 Å². The number of imidazole rings is 1. The highest BCUT2D eigenvalue weighted by Gasteiger charge is 2.38. The average molecular weight is 690 g/mol. The Morgan fingerprint density at radius 1 is 1.08 bits per heavy atom. The van der Waals surface area contributed by atoms with Gasteiger partial charge in [0.25, 0.3) is 0 Å². The molecule has 3 aliphatic rings. The minimum absolute atomic E-state index is 0.0784. The maximum absolute atomic E-state index is 13.9. The zero-order chi connectivity index (χ0) is 34.9. The predicted octanol–water partition coefficient (Wildman–Crippen LogP) is 6.38. The molecule has 1 aliphatic heterocycles. The molecular weight excluding hydrogens is 632 g/mol. The van der Waals surface area contributed by atoms with Crippen LogP contribution in [0.25, 0.3) is 0 Å². The number of nitrogens with two attached hydrogens (primary N) is 1. The van der Waals surface area contributed by atoms with Crippen molar-refractivity contribution in [2.24, 2.45) is 18.7 Å². The van der Waals surface area contributed by atoms with Gasteiger partial charge in [-0.25, -0.2) is 13.8 Å². The molecule has 1 aromatic carbocycles. The molecule has 0 bridgehead atoms. The number of Topliss-reactive ketones (excluding diaryl/α,β-unsaturated/α-hetero) is 1. The Labute approximate surface area is 297 Å². The molecule has 0 amide bonds. The van der Waals surface area contributed by atoms with E-state index in [1.165, 1.54) is 28.9 Å². The minimum atomic E-state index is -2.62. The van der Waals surface area contributed by atoms with Gasteiger partial charge in [-0.3, -0.25) is 19.6 Å². The van der Waals surface area contributed by atoms with Gasteiger partial charge in [0, 0.05) is 83.4 Å². The van der Waals surface area contributed by atoms with Gasteiger partial charge < -0.3 is 15.2 Å². The van der Waals surface area contributed by atoms with Crippen molar-refractivity contribution in [3.05, 3.63) is 83.7 Å². The second-order valence-electron chi connectivity index (χ2n) is 15.1. The number of aryl methyl sites for hydroxylation is 2. The Morgan fingerprint density at radius 2 is 1.90 bits per heavy atom. The lowest BCUT2D eigenvalue weighted by molar-refractivity contribution is -0.127. The molecule has 272 valence electrons. The molecule has 0 radical (unpaired) electrons. The fourth-order valence-electron chi connectivity index (χ4n) is 8.55. The summed E-state index contributed by atoms with van der Waals surface area (Å²) >= 11 is 0. The first-order valence-corrected chi connectivity index (χ1v) is 19.0. The zero-order valence-corrected chi connectivity index (χ0v) is 29.9. The number of ketones is 1. The van der Waals surface area contributed by atoms with E-state index >= 15 is 0 Å². The van der Waals surface area contributed by atoms with Crippen molar-refractivity contribution in [2.45, 2.75) is 101 Å². The van der Waals surface area contributed by atoms with Gasteiger partial charge >= 0.3 is 0 Å². The van der Waals surface area contributed by atoms with Gasteiger partial charge in [0.15, 0.2) is 0 Å². The zero-order valence-electron chi connectivity index (χ0n) is 29.9. The highest BCUT2D eigenvalue weighted by atomic mass is 19.3. The van der Waals surface area contributed by atoms with Gasteiger partial charge in [0.05, 0.1) is 23.8 Å². The number of piperazine rings is 1. The quantitative estimate of drug-likeness (QED) is 0.175. The summed E-state index contributed by atoms with van der Waals surface area (Å²) in [6, 6.07) is 15.3. The van der Waals surface area contributed by atoms with Crippen molar-refractivity contribution >= 4 is 5.78 Å². The number of nitrogens with zero attached hydrogens (tertiary/aromatic N) is 6. The molecular formula is C40H57F2N7O. The molecule has 1 saturated heterocycles. The summed E-state index contributed by atoms with van der Waals surface area (Å²) in [5, 5.41) is 0. The molecule has 10 heteroatoms. The van der Waals surface area contributed by atoms with E-state index in [-0.39, 0.29) is 30.5 Å². The molecule has 3 aromatic rings. The topological polar surface area (TPSA) is 83.5 Å². The molecule has 1 saturated carbocycles. The van der Waals surface area contributed by atoms with Crippen LogP contribution in [0.1, 0.15) is 98.7 Å². The summed E-state index contributed by atoms with van der Waals surface area (Å²) in [5.74, 6) is -2.63. The molecule has 2 aliphatic carbocycles. The van der Waals surface area contributed by atoms with Crippen molar-refractivity contribution in [3.63, 3.8) is 0 Å². The van der Waals surface area contributed by atoms with E-state index in [2.05, 4.69) is 55.6 Å². The Kier molecular flexibility index (Phi) is 12.8. The van der Waals surface area contributed by atoms with E-state index in [4.69, 9.17) is 10.7 Å². The number of halogens is 2. The van der Waals surface area contributed by atoms with Crippen LogP contribution in [0.15, 0.2) is 61.2 Å². The van der Waals surface area contributed by atoms with Gasteiger partial charge in [-0.1, -0.05) is 36.4 Å². The third kappa shape index (κ3) is 9.63. The minimum Gasteiger partial charge on any atom is -0.337 e. The van der Waals surface area contributed by atoms with Crippen molar-refractivity contribution in [3.8, 4) is 0 Å². The number of benzene rings is 1. The van der Waals surface area contributed by atoms with E-state index in [1.807, 2.05) is 36.9 Å². The van der Waals surface area contributed by atoms with Gasteiger partial charge in [-0.2, -0.15) is 0 Å². The molecule has 3 atom stereocenters. The van der Waals surface area contributed by atoms with Crippen LogP contribution in [0.5, 0.6) is 0 Å². The Balaban J connectivity index is 1.17.